The summed E-state index contributed by atoms with van der Waals surface area (Å²) in [6, 6.07) is 1.66. The Balaban J connectivity index is 2.17. The minimum Gasteiger partial charge on any atom is -0.384 e. The van der Waals surface area contributed by atoms with Gasteiger partial charge in [0.2, 0.25) is 10.0 Å². The van der Waals surface area contributed by atoms with Crippen LogP contribution in [0.5, 0.6) is 0 Å². The molecule has 0 unspecified atom stereocenters. The number of rotatable bonds is 7. The summed E-state index contributed by atoms with van der Waals surface area (Å²) in [5, 5.41) is 9.74. The number of nitrogens with zero attached hydrogens (tertiary/aromatic N) is 2. The highest BCUT2D eigenvalue weighted by atomic mass is 32.2. The maximum Gasteiger partial charge on any atom is 0.244 e. The zero-order valence-corrected chi connectivity index (χ0v) is 12.9. The molecule has 0 atom stereocenters. The predicted octanol–water partition coefficient (Wildman–Crippen LogP) is 1.41. The van der Waals surface area contributed by atoms with Gasteiger partial charge >= 0.3 is 0 Å². The van der Waals surface area contributed by atoms with E-state index in [-0.39, 0.29) is 11.4 Å². The zero-order chi connectivity index (χ0) is 15.3. The molecule has 2 aromatic heterocycles. The van der Waals surface area contributed by atoms with Gasteiger partial charge in [-0.3, -0.25) is 10.1 Å². The summed E-state index contributed by atoms with van der Waals surface area (Å²) in [7, 11) is -3.63. The normalized spacial score (nSPS) is 11.5. The molecule has 0 aliphatic rings. The number of pyridine rings is 1. The lowest BCUT2D eigenvalue weighted by Gasteiger charge is -2.12. The smallest absolute Gasteiger partial charge is 0.244 e. The highest BCUT2D eigenvalue weighted by molar-refractivity contribution is 7.89. The van der Waals surface area contributed by atoms with Crippen molar-refractivity contribution in [2.24, 2.45) is 0 Å². The molecule has 0 spiro atoms. The van der Waals surface area contributed by atoms with Crippen molar-refractivity contribution in [3.8, 4) is 0 Å². The van der Waals surface area contributed by atoms with Crippen LogP contribution in [0.2, 0.25) is 0 Å². The molecule has 0 amide bonds. The summed E-state index contributed by atoms with van der Waals surface area (Å²) < 4.78 is 27.4. The fourth-order valence-corrected chi connectivity index (χ4v) is 2.93. The van der Waals surface area contributed by atoms with Crippen LogP contribution >= 0.6 is 0 Å². The Morgan fingerprint density at radius 3 is 2.81 bits per heavy atom. The van der Waals surface area contributed by atoms with Gasteiger partial charge in [-0.05, 0) is 19.4 Å². The summed E-state index contributed by atoms with van der Waals surface area (Å²) in [6.45, 7) is 4.75. The van der Waals surface area contributed by atoms with E-state index in [1.807, 2.05) is 13.8 Å². The monoisotopic (exact) mass is 309 g/mol. The number of H-pyrrole nitrogens is 1. The highest BCUT2D eigenvalue weighted by Crippen LogP contribution is 2.19. The standard InChI is InChI=1S/C13H19N5O2S/c1-3-5-15-12-4-6-14-9-13(12)21(19,20)17-8-11-7-16-18-10(11)2/h4,6-7,9,17H,3,5,8H2,1-2H3,(H,14,15)(H,16,18). The Hall–Kier alpha value is -1.93. The first-order chi connectivity index (χ1) is 10.0. The summed E-state index contributed by atoms with van der Waals surface area (Å²) in [5.41, 5.74) is 2.21. The van der Waals surface area contributed by atoms with Crippen LogP contribution in [0.1, 0.15) is 24.6 Å². The molecular weight excluding hydrogens is 290 g/mol. The number of aromatic nitrogens is 3. The van der Waals surface area contributed by atoms with Gasteiger partial charge < -0.3 is 5.32 Å². The van der Waals surface area contributed by atoms with Crippen molar-refractivity contribution in [1.82, 2.24) is 19.9 Å². The van der Waals surface area contributed by atoms with Crippen LogP contribution in [0, 0.1) is 6.92 Å². The van der Waals surface area contributed by atoms with Crippen molar-refractivity contribution in [2.45, 2.75) is 31.7 Å². The lowest BCUT2D eigenvalue weighted by molar-refractivity contribution is 0.581. The Bertz CT molecular complexity index is 696. The summed E-state index contributed by atoms with van der Waals surface area (Å²) in [6.07, 6.45) is 5.43. The second-order valence-corrected chi connectivity index (χ2v) is 6.38. The zero-order valence-electron chi connectivity index (χ0n) is 12.0. The van der Waals surface area contributed by atoms with Crippen molar-refractivity contribution in [1.29, 1.82) is 0 Å². The Morgan fingerprint density at radius 2 is 2.14 bits per heavy atom. The molecule has 0 aliphatic heterocycles. The quantitative estimate of drug-likeness (QED) is 0.718. The van der Waals surface area contributed by atoms with Gasteiger partial charge in [-0.1, -0.05) is 6.92 Å². The van der Waals surface area contributed by atoms with Crippen LogP contribution in [0.15, 0.2) is 29.6 Å². The maximum absolute atomic E-state index is 12.4. The van der Waals surface area contributed by atoms with E-state index in [9.17, 15) is 8.42 Å². The van der Waals surface area contributed by atoms with E-state index in [0.717, 1.165) is 17.7 Å². The van der Waals surface area contributed by atoms with Crippen molar-refractivity contribution in [2.75, 3.05) is 11.9 Å². The van der Waals surface area contributed by atoms with Crippen molar-refractivity contribution in [3.05, 3.63) is 35.9 Å². The fraction of sp³-hybridized carbons (Fsp3) is 0.385. The Labute approximate surface area is 124 Å². The van der Waals surface area contributed by atoms with Gasteiger partial charge in [0.1, 0.15) is 4.90 Å². The molecular formula is C13H19N5O2S. The predicted molar refractivity (Wildman–Crippen MR) is 80.4 cm³/mol. The second-order valence-electron chi connectivity index (χ2n) is 4.64. The van der Waals surface area contributed by atoms with Crippen LogP contribution < -0.4 is 10.0 Å². The SMILES string of the molecule is CCCNc1ccncc1S(=O)(=O)NCc1cn[nH]c1C. The molecule has 114 valence electrons. The van der Waals surface area contributed by atoms with Crippen LogP contribution in [-0.2, 0) is 16.6 Å². The maximum atomic E-state index is 12.4. The van der Waals surface area contributed by atoms with Crippen molar-refractivity contribution < 1.29 is 8.42 Å². The molecule has 8 heteroatoms. The van der Waals surface area contributed by atoms with Crippen molar-refractivity contribution in [3.63, 3.8) is 0 Å². The molecule has 2 rings (SSSR count). The molecule has 7 nitrogen and oxygen atoms in total. The first kappa shape index (κ1) is 15.5. The lowest BCUT2D eigenvalue weighted by atomic mass is 10.3. The minimum atomic E-state index is -3.63. The molecule has 0 fully saturated rings. The number of sulfonamides is 1. The van der Waals surface area contributed by atoms with Crippen LogP contribution in [0.3, 0.4) is 0 Å². The third-order valence-corrected chi connectivity index (χ3v) is 4.46. The molecule has 0 aliphatic carbocycles. The van der Waals surface area contributed by atoms with E-state index in [2.05, 4.69) is 25.2 Å². The number of nitrogens with one attached hydrogen (secondary N) is 3. The fourth-order valence-electron chi connectivity index (χ4n) is 1.80. The van der Waals surface area contributed by atoms with Gasteiger partial charge in [-0.25, -0.2) is 13.1 Å². The van der Waals surface area contributed by atoms with E-state index in [1.165, 1.54) is 6.20 Å². The number of hydrogen-bond acceptors (Lipinski definition) is 5. The molecule has 0 saturated heterocycles. The first-order valence-electron chi connectivity index (χ1n) is 6.71. The molecule has 2 aromatic rings. The molecule has 0 saturated carbocycles. The number of hydrogen-bond donors (Lipinski definition) is 3. The summed E-state index contributed by atoms with van der Waals surface area (Å²) in [4.78, 5) is 4.06. The van der Waals surface area contributed by atoms with E-state index >= 15 is 0 Å². The topological polar surface area (TPSA) is 99.8 Å². The summed E-state index contributed by atoms with van der Waals surface area (Å²) in [5.74, 6) is 0. The van der Waals surface area contributed by atoms with Gasteiger partial charge in [-0.2, -0.15) is 5.10 Å². The molecule has 3 N–H and O–H groups in total. The third kappa shape index (κ3) is 3.79. The van der Waals surface area contributed by atoms with Crippen molar-refractivity contribution >= 4 is 15.7 Å². The van der Waals surface area contributed by atoms with Crippen LogP contribution in [-0.4, -0.2) is 30.1 Å². The third-order valence-electron chi connectivity index (χ3n) is 3.03. The number of anilines is 1. The first-order valence-corrected chi connectivity index (χ1v) is 8.19. The largest absolute Gasteiger partial charge is 0.384 e. The highest BCUT2D eigenvalue weighted by Gasteiger charge is 2.19. The second kappa shape index (κ2) is 6.68. The molecule has 0 radical (unpaired) electrons. The Morgan fingerprint density at radius 1 is 1.33 bits per heavy atom. The minimum absolute atomic E-state index is 0.152. The average Bonchev–Trinajstić information content (AvgIpc) is 2.89. The van der Waals surface area contributed by atoms with E-state index in [4.69, 9.17) is 0 Å². The van der Waals surface area contributed by atoms with E-state index in [0.29, 0.717) is 12.2 Å². The van der Waals surface area contributed by atoms with E-state index < -0.39 is 10.0 Å². The molecule has 21 heavy (non-hydrogen) atoms. The van der Waals surface area contributed by atoms with Crippen LogP contribution in [0.4, 0.5) is 5.69 Å². The van der Waals surface area contributed by atoms with E-state index in [1.54, 1.807) is 18.5 Å². The molecule has 0 aromatic carbocycles. The van der Waals surface area contributed by atoms with Gasteiger partial charge in [0.05, 0.1) is 11.9 Å². The van der Waals surface area contributed by atoms with Gasteiger partial charge in [0.25, 0.3) is 0 Å². The summed E-state index contributed by atoms with van der Waals surface area (Å²) >= 11 is 0. The van der Waals surface area contributed by atoms with Gasteiger partial charge in [0, 0.05) is 36.7 Å². The Kier molecular flexibility index (Phi) is 4.92. The van der Waals surface area contributed by atoms with Gasteiger partial charge in [0.15, 0.2) is 0 Å². The molecule has 0 bridgehead atoms. The van der Waals surface area contributed by atoms with Gasteiger partial charge in [-0.15, -0.1) is 0 Å². The lowest BCUT2D eigenvalue weighted by Crippen LogP contribution is -2.24. The molecule has 2 heterocycles. The number of aromatic amines is 1. The average molecular weight is 309 g/mol. The van der Waals surface area contributed by atoms with Crippen LogP contribution in [0.25, 0.3) is 0 Å². The number of aryl methyl sites for hydroxylation is 1.